The molecule has 7 heteroatoms. The zero-order valence-corrected chi connectivity index (χ0v) is 12.5. The van der Waals surface area contributed by atoms with Gasteiger partial charge in [-0.2, -0.15) is 0 Å². The molecule has 2 heterocycles. The maximum Gasteiger partial charge on any atom is 0.374 e. The molecule has 0 aliphatic rings. The molecule has 106 valence electrons. The Morgan fingerprint density at radius 1 is 1.38 bits per heavy atom. The molecule has 1 aromatic carbocycles. The molecular formula is C14H10BrN3O3. The van der Waals surface area contributed by atoms with Crippen molar-refractivity contribution in [3.05, 3.63) is 52.7 Å². The van der Waals surface area contributed by atoms with Crippen molar-refractivity contribution >= 4 is 21.9 Å². The molecule has 0 saturated heterocycles. The predicted octanol–water partition coefficient (Wildman–Crippen LogP) is 3.30. The highest BCUT2D eigenvalue weighted by molar-refractivity contribution is 9.10. The van der Waals surface area contributed by atoms with Gasteiger partial charge >= 0.3 is 5.97 Å². The summed E-state index contributed by atoms with van der Waals surface area (Å²) in [5, 5.41) is 12.6. The number of aromatic carboxylic acids is 1. The molecule has 6 nitrogen and oxygen atoms in total. The van der Waals surface area contributed by atoms with E-state index in [0.29, 0.717) is 5.69 Å². The van der Waals surface area contributed by atoms with E-state index in [-0.39, 0.29) is 5.76 Å². The van der Waals surface area contributed by atoms with E-state index in [2.05, 4.69) is 26.1 Å². The fourth-order valence-corrected chi connectivity index (χ4v) is 2.58. The average Bonchev–Trinajstić information content (AvgIpc) is 3.07. The molecule has 0 atom stereocenters. The van der Waals surface area contributed by atoms with Crippen LogP contribution in [-0.4, -0.2) is 25.8 Å². The summed E-state index contributed by atoms with van der Waals surface area (Å²) in [7, 11) is 0. The van der Waals surface area contributed by atoms with E-state index in [1.807, 2.05) is 35.9 Å². The zero-order chi connectivity index (χ0) is 15.0. The molecule has 1 N–H and O–H groups in total. The highest BCUT2D eigenvalue weighted by atomic mass is 79.9. The topological polar surface area (TPSA) is 81.2 Å². The number of hydrogen-bond acceptors (Lipinski definition) is 4. The standard InChI is InChI=1S/C14H10BrN3O3/c1-8-16-4-5-18(8)12-3-2-9(6-10(12)15)11-7-13(14(19)20)21-17-11/h2-7H,1H3,(H,19,20). The van der Waals surface area contributed by atoms with Gasteiger partial charge in [0.2, 0.25) is 5.76 Å². The van der Waals surface area contributed by atoms with Crippen molar-refractivity contribution in [3.63, 3.8) is 0 Å². The first-order valence-corrected chi connectivity index (χ1v) is 6.86. The lowest BCUT2D eigenvalue weighted by Gasteiger charge is -2.08. The van der Waals surface area contributed by atoms with Gasteiger partial charge in [0, 0.05) is 28.5 Å². The molecule has 0 aliphatic carbocycles. The van der Waals surface area contributed by atoms with Gasteiger partial charge in [0.05, 0.1) is 5.69 Å². The SMILES string of the molecule is Cc1nccn1-c1ccc(-c2cc(C(=O)O)on2)cc1Br. The lowest BCUT2D eigenvalue weighted by atomic mass is 10.1. The molecule has 0 bridgehead atoms. The van der Waals surface area contributed by atoms with Crippen molar-refractivity contribution in [1.29, 1.82) is 0 Å². The first-order valence-electron chi connectivity index (χ1n) is 6.06. The van der Waals surface area contributed by atoms with Crippen molar-refractivity contribution in [2.24, 2.45) is 0 Å². The van der Waals surface area contributed by atoms with E-state index in [4.69, 9.17) is 9.63 Å². The van der Waals surface area contributed by atoms with Crippen LogP contribution in [0.15, 0.2) is 45.7 Å². The summed E-state index contributed by atoms with van der Waals surface area (Å²) >= 11 is 3.51. The normalized spacial score (nSPS) is 10.8. The Morgan fingerprint density at radius 2 is 2.19 bits per heavy atom. The number of hydrogen-bond donors (Lipinski definition) is 1. The Bertz CT molecular complexity index is 822. The van der Waals surface area contributed by atoms with Gasteiger partial charge in [-0.25, -0.2) is 9.78 Å². The largest absolute Gasteiger partial charge is 0.475 e. The smallest absolute Gasteiger partial charge is 0.374 e. The number of rotatable bonds is 3. The van der Waals surface area contributed by atoms with Crippen molar-refractivity contribution < 1.29 is 14.4 Å². The number of benzene rings is 1. The predicted molar refractivity (Wildman–Crippen MR) is 78.5 cm³/mol. The lowest BCUT2D eigenvalue weighted by molar-refractivity contribution is 0.0652. The highest BCUT2D eigenvalue weighted by Crippen LogP contribution is 2.28. The number of nitrogens with zero attached hydrogens (tertiary/aromatic N) is 3. The molecule has 3 aromatic rings. The van der Waals surface area contributed by atoms with Crippen LogP contribution in [0.25, 0.3) is 16.9 Å². The number of halogens is 1. The monoisotopic (exact) mass is 347 g/mol. The minimum atomic E-state index is -1.14. The van der Waals surface area contributed by atoms with E-state index in [9.17, 15) is 4.79 Å². The molecule has 0 unspecified atom stereocenters. The second-order valence-corrected chi connectivity index (χ2v) is 5.25. The highest BCUT2D eigenvalue weighted by Gasteiger charge is 2.14. The van der Waals surface area contributed by atoms with Gasteiger partial charge in [-0.3, -0.25) is 0 Å². The number of carbonyl (C=O) groups is 1. The molecule has 21 heavy (non-hydrogen) atoms. The Hall–Kier alpha value is -2.41. The van der Waals surface area contributed by atoms with E-state index in [1.165, 1.54) is 6.07 Å². The third-order valence-corrected chi connectivity index (χ3v) is 3.68. The summed E-state index contributed by atoms with van der Waals surface area (Å²) in [6, 6.07) is 7.01. The molecule has 0 spiro atoms. The second kappa shape index (κ2) is 5.17. The molecule has 0 amide bonds. The van der Waals surface area contributed by atoms with Crippen LogP contribution in [0.1, 0.15) is 16.4 Å². The van der Waals surface area contributed by atoms with Crippen molar-refractivity contribution in [3.8, 4) is 16.9 Å². The maximum atomic E-state index is 10.8. The van der Waals surface area contributed by atoms with Crippen LogP contribution < -0.4 is 0 Å². The Balaban J connectivity index is 2.01. The summed E-state index contributed by atoms with van der Waals surface area (Å²) in [4.78, 5) is 15.0. The van der Waals surface area contributed by atoms with Crippen LogP contribution in [0.4, 0.5) is 0 Å². The summed E-state index contributed by atoms with van der Waals surface area (Å²) in [5.74, 6) is -0.452. The fourth-order valence-electron chi connectivity index (χ4n) is 2.01. The summed E-state index contributed by atoms with van der Waals surface area (Å²) in [6.45, 7) is 1.91. The van der Waals surface area contributed by atoms with Crippen LogP contribution in [0.5, 0.6) is 0 Å². The molecule has 0 fully saturated rings. The number of aryl methyl sites for hydroxylation is 1. The van der Waals surface area contributed by atoms with Gasteiger partial charge in [-0.1, -0.05) is 11.2 Å². The van der Waals surface area contributed by atoms with Gasteiger partial charge in [0.25, 0.3) is 0 Å². The first-order chi connectivity index (χ1) is 10.1. The Kier molecular flexibility index (Phi) is 3.34. The number of carboxylic acids is 1. The van der Waals surface area contributed by atoms with E-state index in [1.54, 1.807) is 6.20 Å². The van der Waals surface area contributed by atoms with Crippen molar-refractivity contribution in [1.82, 2.24) is 14.7 Å². The Morgan fingerprint density at radius 3 is 2.76 bits per heavy atom. The lowest BCUT2D eigenvalue weighted by Crippen LogP contribution is -1.96. The van der Waals surface area contributed by atoms with Crippen LogP contribution >= 0.6 is 15.9 Å². The van der Waals surface area contributed by atoms with Crippen LogP contribution in [0.2, 0.25) is 0 Å². The minimum absolute atomic E-state index is 0.185. The second-order valence-electron chi connectivity index (χ2n) is 4.39. The van der Waals surface area contributed by atoms with E-state index >= 15 is 0 Å². The molecule has 2 aromatic heterocycles. The van der Waals surface area contributed by atoms with Gasteiger partial charge in [-0.05, 0) is 35.0 Å². The summed E-state index contributed by atoms with van der Waals surface area (Å²) in [5.41, 5.74) is 2.18. The minimum Gasteiger partial charge on any atom is -0.475 e. The number of imidazole rings is 1. The third kappa shape index (κ3) is 2.47. The van der Waals surface area contributed by atoms with Crippen LogP contribution in [0.3, 0.4) is 0 Å². The quantitative estimate of drug-likeness (QED) is 0.786. The van der Waals surface area contributed by atoms with Crippen LogP contribution in [0, 0.1) is 6.92 Å². The molecule has 0 radical (unpaired) electrons. The Labute approximate surface area is 128 Å². The first kappa shape index (κ1) is 13.6. The van der Waals surface area contributed by atoms with Gasteiger partial charge in [0.1, 0.15) is 11.5 Å². The summed E-state index contributed by atoms with van der Waals surface area (Å²) < 4.78 is 7.55. The van der Waals surface area contributed by atoms with Crippen LogP contribution in [-0.2, 0) is 0 Å². The molecule has 0 saturated carbocycles. The zero-order valence-electron chi connectivity index (χ0n) is 10.9. The fraction of sp³-hybridized carbons (Fsp3) is 0.0714. The molecule has 3 rings (SSSR count). The van der Waals surface area contributed by atoms with Crippen molar-refractivity contribution in [2.45, 2.75) is 6.92 Å². The van der Waals surface area contributed by atoms with E-state index < -0.39 is 5.97 Å². The van der Waals surface area contributed by atoms with E-state index in [0.717, 1.165) is 21.5 Å². The van der Waals surface area contributed by atoms with Crippen molar-refractivity contribution in [2.75, 3.05) is 0 Å². The number of aromatic nitrogens is 3. The van der Waals surface area contributed by atoms with Gasteiger partial charge in [-0.15, -0.1) is 0 Å². The average molecular weight is 348 g/mol. The van der Waals surface area contributed by atoms with Gasteiger partial charge in [0.15, 0.2) is 0 Å². The summed E-state index contributed by atoms with van der Waals surface area (Å²) in [6.07, 6.45) is 3.60. The molecule has 0 aliphatic heterocycles. The third-order valence-electron chi connectivity index (χ3n) is 3.05. The van der Waals surface area contributed by atoms with Gasteiger partial charge < -0.3 is 14.2 Å². The molecular weight excluding hydrogens is 338 g/mol. The number of carboxylic acid groups (broad SMARTS) is 1. The maximum absolute atomic E-state index is 10.8.